The summed E-state index contributed by atoms with van der Waals surface area (Å²) in [7, 11) is 0. The fourth-order valence-electron chi connectivity index (χ4n) is 1.77. The van der Waals surface area contributed by atoms with Crippen molar-refractivity contribution < 1.29 is 0 Å². The second kappa shape index (κ2) is 3.14. The Balaban J connectivity index is 2.41. The molecule has 0 heterocycles. The number of hydrogen-bond donors (Lipinski definition) is 0. The van der Waals surface area contributed by atoms with Crippen molar-refractivity contribution in [2.75, 3.05) is 0 Å². The van der Waals surface area contributed by atoms with Gasteiger partial charge in [-0.1, -0.05) is 43.3 Å². The van der Waals surface area contributed by atoms with Gasteiger partial charge in [0.1, 0.15) is 0 Å². The molecule has 0 saturated heterocycles. The van der Waals surface area contributed by atoms with E-state index in [-0.39, 0.29) is 0 Å². The van der Waals surface area contributed by atoms with Crippen LogP contribution in [0.5, 0.6) is 0 Å². The smallest absolute Gasteiger partial charge is 0.0228 e. The van der Waals surface area contributed by atoms with Gasteiger partial charge in [-0.15, -0.1) is 0 Å². The van der Waals surface area contributed by atoms with Crippen molar-refractivity contribution in [3.05, 3.63) is 41.5 Å². The molecule has 0 spiro atoms. The van der Waals surface area contributed by atoms with E-state index < -0.39 is 0 Å². The number of allylic oxidation sites excluding steroid dienone is 1. The van der Waals surface area contributed by atoms with Crippen molar-refractivity contribution in [1.82, 2.24) is 0 Å². The molecule has 0 radical (unpaired) electrons. The normalized spacial score (nSPS) is 21.6. The topological polar surface area (TPSA) is 0 Å². The van der Waals surface area contributed by atoms with Gasteiger partial charge in [0.05, 0.1) is 0 Å². The molecule has 0 saturated carbocycles. The Morgan fingerprint density at radius 3 is 3.00 bits per heavy atom. The largest absolute Gasteiger partial charge is 0.0837 e. The molecular weight excluding hydrogens is 144 g/mol. The number of benzene rings is 1. The van der Waals surface area contributed by atoms with E-state index >= 15 is 0 Å². The van der Waals surface area contributed by atoms with E-state index in [2.05, 4.69) is 43.3 Å². The van der Waals surface area contributed by atoms with E-state index in [1.54, 1.807) is 0 Å². The highest BCUT2D eigenvalue weighted by molar-refractivity contribution is 5.54. The van der Waals surface area contributed by atoms with Crippen LogP contribution in [0.2, 0.25) is 0 Å². The van der Waals surface area contributed by atoms with Crippen LogP contribution in [0.15, 0.2) is 30.3 Å². The van der Waals surface area contributed by atoms with Crippen LogP contribution in [0.1, 0.15) is 24.5 Å². The fraction of sp³-hybridized carbons (Fsp3) is 0.333. The molecule has 1 aromatic carbocycles. The standard InChI is InChI=1S/C12H14/c1-10-5-4-8-11-6-2-3-7-12(11)9-10/h2-4,6-8,10H,5,9H2,1H3/t10-/m0/s1. The average molecular weight is 158 g/mol. The maximum Gasteiger partial charge on any atom is -0.0228 e. The van der Waals surface area contributed by atoms with Crippen LogP contribution in [-0.2, 0) is 6.42 Å². The Morgan fingerprint density at radius 1 is 1.25 bits per heavy atom. The molecule has 2 rings (SSSR count). The molecule has 0 heteroatoms. The van der Waals surface area contributed by atoms with Crippen molar-refractivity contribution in [1.29, 1.82) is 0 Å². The first-order valence-electron chi connectivity index (χ1n) is 4.61. The van der Waals surface area contributed by atoms with Gasteiger partial charge in [0, 0.05) is 0 Å². The van der Waals surface area contributed by atoms with E-state index in [0.717, 1.165) is 5.92 Å². The van der Waals surface area contributed by atoms with Gasteiger partial charge in [-0.25, -0.2) is 0 Å². The molecule has 12 heavy (non-hydrogen) atoms. The van der Waals surface area contributed by atoms with E-state index in [1.165, 1.54) is 24.0 Å². The van der Waals surface area contributed by atoms with Gasteiger partial charge in [0.2, 0.25) is 0 Å². The summed E-state index contributed by atoms with van der Waals surface area (Å²) in [5, 5.41) is 0. The lowest BCUT2D eigenvalue weighted by molar-refractivity contribution is 0.594. The highest BCUT2D eigenvalue weighted by atomic mass is 14.1. The van der Waals surface area contributed by atoms with Gasteiger partial charge < -0.3 is 0 Å². The summed E-state index contributed by atoms with van der Waals surface area (Å²) in [6.45, 7) is 2.31. The molecule has 0 amide bonds. The number of hydrogen-bond acceptors (Lipinski definition) is 0. The van der Waals surface area contributed by atoms with Crippen molar-refractivity contribution in [2.24, 2.45) is 5.92 Å². The molecule has 0 bridgehead atoms. The summed E-state index contributed by atoms with van der Waals surface area (Å²) >= 11 is 0. The summed E-state index contributed by atoms with van der Waals surface area (Å²) < 4.78 is 0. The Kier molecular flexibility index (Phi) is 1.99. The zero-order chi connectivity index (χ0) is 8.39. The zero-order valence-electron chi connectivity index (χ0n) is 7.46. The third-order valence-electron chi connectivity index (χ3n) is 2.46. The molecule has 1 aliphatic carbocycles. The predicted octanol–water partition coefficient (Wildman–Crippen LogP) is 3.28. The molecule has 0 aliphatic heterocycles. The van der Waals surface area contributed by atoms with Crippen LogP contribution >= 0.6 is 0 Å². The Bertz CT molecular complexity index is 297. The first-order valence-corrected chi connectivity index (χ1v) is 4.61. The van der Waals surface area contributed by atoms with Crippen LogP contribution < -0.4 is 0 Å². The molecule has 0 unspecified atom stereocenters. The Hall–Kier alpha value is -1.04. The predicted molar refractivity (Wildman–Crippen MR) is 53.0 cm³/mol. The monoisotopic (exact) mass is 158 g/mol. The third-order valence-corrected chi connectivity index (χ3v) is 2.46. The second-order valence-corrected chi connectivity index (χ2v) is 3.65. The van der Waals surface area contributed by atoms with Crippen LogP contribution in [-0.4, -0.2) is 0 Å². The van der Waals surface area contributed by atoms with Gasteiger partial charge in [0.15, 0.2) is 0 Å². The van der Waals surface area contributed by atoms with E-state index in [1.807, 2.05) is 0 Å². The van der Waals surface area contributed by atoms with Crippen molar-refractivity contribution in [3.8, 4) is 0 Å². The molecule has 62 valence electrons. The lowest BCUT2D eigenvalue weighted by atomic mass is 9.98. The van der Waals surface area contributed by atoms with Crippen LogP contribution in [0.3, 0.4) is 0 Å². The van der Waals surface area contributed by atoms with Gasteiger partial charge in [-0.3, -0.25) is 0 Å². The molecule has 1 aromatic rings. The summed E-state index contributed by atoms with van der Waals surface area (Å²) in [5.74, 6) is 0.796. The lowest BCUT2D eigenvalue weighted by Crippen LogP contribution is -1.97. The highest BCUT2D eigenvalue weighted by Gasteiger charge is 2.07. The number of fused-ring (bicyclic) bond motifs is 1. The summed E-state index contributed by atoms with van der Waals surface area (Å²) in [4.78, 5) is 0. The molecule has 1 aliphatic rings. The van der Waals surface area contributed by atoms with Gasteiger partial charge in [0.25, 0.3) is 0 Å². The molecule has 1 atom stereocenters. The molecule has 0 nitrogen and oxygen atoms in total. The van der Waals surface area contributed by atoms with E-state index in [0.29, 0.717) is 0 Å². The van der Waals surface area contributed by atoms with Crippen molar-refractivity contribution >= 4 is 6.08 Å². The molecular formula is C12H14. The van der Waals surface area contributed by atoms with E-state index in [4.69, 9.17) is 0 Å². The first kappa shape index (κ1) is 7.60. The maximum absolute atomic E-state index is 2.31. The van der Waals surface area contributed by atoms with Crippen molar-refractivity contribution in [2.45, 2.75) is 19.8 Å². The molecule has 0 aromatic heterocycles. The minimum Gasteiger partial charge on any atom is -0.0837 e. The summed E-state index contributed by atoms with van der Waals surface area (Å²) in [5.41, 5.74) is 2.90. The van der Waals surface area contributed by atoms with Gasteiger partial charge in [-0.2, -0.15) is 0 Å². The SMILES string of the molecule is C[C@H]1CC=Cc2ccccc2C1. The quantitative estimate of drug-likeness (QED) is 0.543. The highest BCUT2D eigenvalue weighted by Crippen LogP contribution is 2.21. The maximum atomic E-state index is 2.31. The first-order chi connectivity index (χ1) is 5.86. The third kappa shape index (κ3) is 1.42. The van der Waals surface area contributed by atoms with Gasteiger partial charge >= 0.3 is 0 Å². The van der Waals surface area contributed by atoms with Crippen LogP contribution in [0.25, 0.3) is 6.08 Å². The minimum atomic E-state index is 0.796. The van der Waals surface area contributed by atoms with Crippen LogP contribution in [0.4, 0.5) is 0 Å². The average Bonchev–Trinajstić information content (AvgIpc) is 2.25. The van der Waals surface area contributed by atoms with Crippen molar-refractivity contribution in [3.63, 3.8) is 0 Å². The van der Waals surface area contributed by atoms with E-state index in [9.17, 15) is 0 Å². The molecule has 0 N–H and O–H groups in total. The second-order valence-electron chi connectivity index (χ2n) is 3.65. The Labute approximate surface area is 73.9 Å². The molecule has 0 fully saturated rings. The minimum absolute atomic E-state index is 0.796. The summed E-state index contributed by atoms with van der Waals surface area (Å²) in [6, 6.07) is 8.68. The Morgan fingerprint density at radius 2 is 2.08 bits per heavy atom. The lowest BCUT2D eigenvalue weighted by Gasteiger charge is -2.07. The van der Waals surface area contributed by atoms with Crippen LogP contribution in [0, 0.1) is 5.92 Å². The summed E-state index contributed by atoms with van der Waals surface area (Å²) in [6.07, 6.45) is 6.98. The fourth-order valence-corrected chi connectivity index (χ4v) is 1.77. The number of rotatable bonds is 0. The zero-order valence-corrected chi connectivity index (χ0v) is 7.46. The van der Waals surface area contributed by atoms with Gasteiger partial charge in [-0.05, 0) is 29.9 Å².